The first-order chi connectivity index (χ1) is 8.56. The molecule has 1 rings (SSSR count). The van der Waals surface area contributed by atoms with E-state index in [0.29, 0.717) is 29.5 Å². The number of hydrogen-bond acceptors (Lipinski definition) is 4. The van der Waals surface area contributed by atoms with Crippen LogP contribution in [0.3, 0.4) is 0 Å². The molecule has 1 aromatic carbocycles. The molecule has 4 heteroatoms. The van der Waals surface area contributed by atoms with Gasteiger partial charge in [0.15, 0.2) is 0 Å². The highest BCUT2D eigenvalue weighted by Gasteiger charge is 2.14. The van der Waals surface area contributed by atoms with E-state index < -0.39 is 0 Å². The number of carbonyl (C=O) groups excluding carboxylic acids is 1. The summed E-state index contributed by atoms with van der Waals surface area (Å²) in [5.74, 6) is 0.269. The Bertz CT molecular complexity index is 403. The predicted molar refractivity (Wildman–Crippen MR) is 74.8 cm³/mol. The number of benzene rings is 1. The summed E-state index contributed by atoms with van der Waals surface area (Å²) in [4.78, 5) is 11.8. The molecule has 0 unspecified atom stereocenters. The van der Waals surface area contributed by atoms with E-state index in [1.54, 1.807) is 25.1 Å². The monoisotopic (exact) mass is 250 g/mol. The van der Waals surface area contributed by atoms with Gasteiger partial charge in [0.1, 0.15) is 0 Å². The van der Waals surface area contributed by atoms with Crippen LogP contribution in [0.2, 0.25) is 0 Å². The Kier molecular flexibility index (Phi) is 5.49. The van der Waals surface area contributed by atoms with Gasteiger partial charge in [-0.25, -0.2) is 4.79 Å². The largest absolute Gasteiger partial charge is 0.462 e. The van der Waals surface area contributed by atoms with Crippen molar-refractivity contribution in [2.45, 2.75) is 27.2 Å². The lowest BCUT2D eigenvalue weighted by molar-refractivity contribution is 0.0527. The highest BCUT2D eigenvalue weighted by Crippen LogP contribution is 2.24. The number of para-hydroxylation sites is 1. The molecule has 3 N–H and O–H groups in total. The molecule has 0 saturated heterocycles. The van der Waals surface area contributed by atoms with Crippen molar-refractivity contribution in [2.75, 3.05) is 24.2 Å². The molecule has 100 valence electrons. The van der Waals surface area contributed by atoms with Crippen LogP contribution >= 0.6 is 0 Å². The van der Waals surface area contributed by atoms with Gasteiger partial charge in [0.05, 0.1) is 23.5 Å². The van der Waals surface area contributed by atoms with Crippen LogP contribution in [0.4, 0.5) is 11.4 Å². The van der Waals surface area contributed by atoms with E-state index in [0.717, 1.165) is 13.0 Å². The Balaban J connectivity index is 2.83. The van der Waals surface area contributed by atoms with Crippen molar-refractivity contribution in [1.29, 1.82) is 0 Å². The Hall–Kier alpha value is -1.71. The number of hydrogen-bond donors (Lipinski definition) is 2. The standard InChI is InChI=1S/C14H22N2O2/c1-4-18-14(17)11-6-5-7-12(15)13(11)16-9-8-10(2)3/h5-7,10,16H,4,8-9,15H2,1-3H3. The normalized spacial score (nSPS) is 10.4. The van der Waals surface area contributed by atoms with Crippen LogP contribution in [0.1, 0.15) is 37.6 Å². The van der Waals surface area contributed by atoms with E-state index in [2.05, 4.69) is 19.2 Å². The van der Waals surface area contributed by atoms with Gasteiger partial charge in [-0.3, -0.25) is 0 Å². The van der Waals surface area contributed by atoms with Crippen LogP contribution in [0.15, 0.2) is 18.2 Å². The van der Waals surface area contributed by atoms with Crippen molar-refractivity contribution in [3.8, 4) is 0 Å². The zero-order valence-corrected chi connectivity index (χ0v) is 11.3. The van der Waals surface area contributed by atoms with Crippen molar-refractivity contribution in [2.24, 2.45) is 5.92 Å². The van der Waals surface area contributed by atoms with E-state index in [9.17, 15) is 4.79 Å². The highest BCUT2D eigenvalue weighted by atomic mass is 16.5. The Morgan fingerprint density at radius 3 is 2.78 bits per heavy atom. The van der Waals surface area contributed by atoms with Crippen LogP contribution in [0.25, 0.3) is 0 Å². The number of nitrogens with two attached hydrogens (primary N) is 1. The summed E-state index contributed by atoms with van der Waals surface area (Å²) in [6, 6.07) is 5.27. The molecule has 0 saturated carbocycles. The second-order valence-electron chi connectivity index (χ2n) is 4.60. The molecule has 0 spiro atoms. The minimum atomic E-state index is -0.336. The third-order valence-corrected chi connectivity index (χ3v) is 2.62. The highest BCUT2D eigenvalue weighted by molar-refractivity contribution is 5.98. The van der Waals surface area contributed by atoms with Crippen LogP contribution in [-0.2, 0) is 4.74 Å². The first-order valence-corrected chi connectivity index (χ1v) is 6.35. The predicted octanol–water partition coefficient (Wildman–Crippen LogP) is 2.90. The van der Waals surface area contributed by atoms with E-state index in [-0.39, 0.29) is 5.97 Å². The molecule has 0 heterocycles. The van der Waals surface area contributed by atoms with Crippen molar-refractivity contribution < 1.29 is 9.53 Å². The summed E-state index contributed by atoms with van der Waals surface area (Å²) in [6.45, 7) is 7.25. The van der Waals surface area contributed by atoms with E-state index in [4.69, 9.17) is 10.5 Å². The average Bonchev–Trinajstić information content (AvgIpc) is 2.31. The summed E-state index contributed by atoms with van der Waals surface area (Å²) < 4.78 is 5.02. The summed E-state index contributed by atoms with van der Waals surface area (Å²) >= 11 is 0. The Morgan fingerprint density at radius 1 is 1.44 bits per heavy atom. The third kappa shape index (κ3) is 3.95. The maximum Gasteiger partial charge on any atom is 0.340 e. The van der Waals surface area contributed by atoms with Gasteiger partial charge in [-0.05, 0) is 31.4 Å². The number of nitrogens with one attached hydrogen (secondary N) is 1. The summed E-state index contributed by atoms with van der Waals surface area (Å²) in [6.07, 6.45) is 1.02. The van der Waals surface area contributed by atoms with Crippen molar-refractivity contribution in [3.63, 3.8) is 0 Å². The molecule has 4 nitrogen and oxygen atoms in total. The molecule has 0 aliphatic rings. The van der Waals surface area contributed by atoms with Crippen molar-refractivity contribution in [1.82, 2.24) is 0 Å². The quantitative estimate of drug-likeness (QED) is 0.602. The maximum atomic E-state index is 11.8. The molecule has 0 aliphatic carbocycles. The molecule has 0 atom stereocenters. The van der Waals surface area contributed by atoms with Crippen molar-refractivity contribution >= 4 is 17.3 Å². The molecular weight excluding hydrogens is 228 g/mol. The van der Waals surface area contributed by atoms with Crippen LogP contribution in [0.5, 0.6) is 0 Å². The lowest BCUT2D eigenvalue weighted by Gasteiger charge is -2.14. The van der Waals surface area contributed by atoms with Gasteiger partial charge in [-0.2, -0.15) is 0 Å². The molecule has 0 amide bonds. The zero-order chi connectivity index (χ0) is 13.5. The van der Waals surface area contributed by atoms with Gasteiger partial charge < -0.3 is 15.8 Å². The van der Waals surface area contributed by atoms with Crippen LogP contribution in [-0.4, -0.2) is 19.1 Å². The zero-order valence-electron chi connectivity index (χ0n) is 11.3. The molecule has 18 heavy (non-hydrogen) atoms. The van der Waals surface area contributed by atoms with Crippen molar-refractivity contribution in [3.05, 3.63) is 23.8 Å². The van der Waals surface area contributed by atoms with Gasteiger partial charge in [0.25, 0.3) is 0 Å². The average molecular weight is 250 g/mol. The number of esters is 1. The number of anilines is 2. The fourth-order valence-electron chi connectivity index (χ4n) is 1.63. The minimum Gasteiger partial charge on any atom is -0.462 e. The SMILES string of the molecule is CCOC(=O)c1cccc(N)c1NCCC(C)C. The second-order valence-corrected chi connectivity index (χ2v) is 4.60. The number of carbonyl (C=O) groups is 1. The van der Waals surface area contributed by atoms with Gasteiger partial charge in [0.2, 0.25) is 0 Å². The lowest BCUT2D eigenvalue weighted by atomic mass is 10.1. The molecular formula is C14H22N2O2. The van der Waals surface area contributed by atoms with Crippen LogP contribution < -0.4 is 11.1 Å². The van der Waals surface area contributed by atoms with E-state index in [1.165, 1.54) is 0 Å². The van der Waals surface area contributed by atoms with Crippen LogP contribution in [0, 0.1) is 5.92 Å². The smallest absolute Gasteiger partial charge is 0.340 e. The maximum absolute atomic E-state index is 11.8. The fourth-order valence-corrected chi connectivity index (χ4v) is 1.63. The van der Waals surface area contributed by atoms with E-state index in [1.807, 2.05) is 0 Å². The molecule has 1 aromatic rings. The molecule has 0 aromatic heterocycles. The molecule has 0 aliphatic heterocycles. The first kappa shape index (κ1) is 14.4. The third-order valence-electron chi connectivity index (χ3n) is 2.62. The summed E-state index contributed by atoms with van der Waals surface area (Å²) in [5, 5.41) is 3.23. The topological polar surface area (TPSA) is 64.3 Å². The summed E-state index contributed by atoms with van der Waals surface area (Å²) in [7, 11) is 0. The van der Waals surface area contributed by atoms with Gasteiger partial charge in [-0.1, -0.05) is 19.9 Å². The fraction of sp³-hybridized carbons (Fsp3) is 0.500. The molecule has 0 radical (unpaired) electrons. The Labute approximate surface area is 109 Å². The number of rotatable bonds is 6. The Morgan fingerprint density at radius 2 is 2.17 bits per heavy atom. The first-order valence-electron chi connectivity index (χ1n) is 6.35. The van der Waals surface area contributed by atoms with Gasteiger partial charge in [0, 0.05) is 6.54 Å². The minimum absolute atomic E-state index is 0.336. The van der Waals surface area contributed by atoms with E-state index >= 15 is 0 Å². The molecule has 0 fully saturated rings. The number of ether oxygens (including phenoxy) is 1. The van der Waals surface area contributed by atoms with Gasteiger partial charge in [-0.15, -0.1) is 0 Å². The number of nitrogen functional groups attached to an aromatic ring is 1. The molecule has 0 bridgehead atoms. The second kappa shape index (κ2) is 6.89. The lowest BCUT2D eigenvalue weighted by Crippen LogP contribution is -2.13. The summed E-state index contributed by atoms with van der Waals surface area (Å²) in [5.41, 5.74) is 7.65. The van der Waals surface area contributed by atoms with Gasteiger partial charge >= 0.3 is 5.97 Å².